The van der Waals surface area contributed by atoms with Crippen molar-refractivity contribution >= 4 is 10.0 Å². The highest BCUT2D eigenvalue weighted by Gasteiger charge is 2.55. The highest BCUT2D eigenvalue weighted by Crippen LogP contribution is 2.44. The molecule has 1 N–H and O–H groups in total. The molecular formula is C19H29NO5S. The first-order chi connectivity index (χ1) is 12.3. The molecule has 4 atom stereocenters. The van der Waals surface area contributed by atoms with Crippen molar-refractivity contribution in [2.24, 2.45) is 11.8 Å². The molecule has 0 aromatic heterocycles. The fourth-order valence-electron chi connectivity index (χ4n) is 4.31. The number of benzene rings is 1. The van der Waals surface area contributed by atoms with Crippen LogP contribution in [0.3, 0.4) is 0 Å². The molecule has 26 heavy (non-hydrogen) atoms. The van der Waals surface area contributed by atoms with E-state index in [-0.39, 0.29) is 34.8 Å². The summed E-state index contributed by atoms with van der Waals surface area (Å²) >= 11 is 0. The van der Waals surface area contributed by atoms with E-state index in [0.29, 0.717) is 19.0 Å². The van der Waals surface area contributed by atoms with Gasteiger partial charge in [0.2, 0.25) is 10.0 Å². The van der Waals surface area contributed by atoms with Gasteiger partial charge in [-0.3, -0.25) is 0 Å². The highest BCUT2D eigenvalue weighted by atomic mass is 32.2. The molecule has 1 heterocycles. The van der Waals surface area contributed by atoms with Crippen LogP contribution in [0.25, 0.3) is 0 Å². The zero-order valence-electron chi connectivity index (χ0n) is 16.1. The number of hydrogen-bond acceptors (Lipinski definition) is 5. The van der Waals surface area contributed by atoms with Gasteiger partial charge in [-0.25, -0.2) is 13.1 Å². The predicted octanol–water partition coefficient (Wildman–Crippen LogP) is 2.46. The molecule has 0 spiro atoms. The molecule has 2 fully saturated rings. The van der Waals surface area contributed by atoms with E-state index in [1.54, 1.807) is 19.2 Å². The van der Waals surface area contributed by atoms with Gasteiger partial charge in [0, 0.05) is 31.6 Å². The molecule has 1 saturated heterocycles. The van der Waals surface area contributed by atoms with Crippen LogP contribution in [-0.2, 0) is 19.5 Å². The standard InChI is InChI=1S/C19H29NO5S/c1-11(2)14-9-17(16(24-5)8-12(14)3)26(21,22)20-18-13-6-7-25-19(13)15(18)10-23-4/h8-9,11,13,15,18-20H,6-7,10H2,1-5H3/t13-,15+,18+,19-/m0/s1. The minimum atomic E-state index is -3.71. The SMILES string of the molecule is COC[C@@H]1[C@H](NS(=O)(=O)c2cc(C(C)C)c(C)cc2OC)[C@@H]2CCO[C@H]12. The van der Waals surface area contributed by atoms with Gasteiger partial charge in [-0.15, -0.1) is 0 Å². The zero-order valence-corrected chi connectivity index (χ0v) is 16.9. The summed E-state index contributed by atoms with van der Waals surface area (Å²) in [5.74, 6) is 0.864. The first-order valence-electron chi connectivity index (χ1n) is 9.11. The van der Waals surface area contributed by atoms with Gasteiger partial charge in [0.15, 0.2) is 0 Å². The molecule has 1 aliphatic carbocycles. The summed E-state index contributed by atoms with van der Waals surface area (Å²) in [5, 5.41) is 0. The maximum atomic E-state index is 13.2. The summed E-state index contributed by atoms with van der Waals surface area (Å²) in [6.07, 6.45) is 0.967. The van der Waals surface area contributed by atoms with Crippen molar-refractivity contribution in [3.05, 3.63) is 23.3 Å². The van der Waals surface area contributed by atoms with Gasteiger partial charge in [0.25, 0.3) is 0 Å². The molecule has 0 amide bonds. The number of aryl methyl sites for hydroxylation is 1. The third-order valence-corrected chi connectivity index (χ3v) is 7.12. The van der Waals surface area contributed by atoms with Crippen LogP contribution >= 0.6 is 0 Å². The summed E-state index contributed by atoms with van der Waals surface area (Å²) in [6.45, 7) is 7.25. The monoisotopic (exact) mass is 383 g/mol. The molecule has 7 heteroatoms. The number of sulfonamides is 1. The Kier molecular flexibility index (Phi) is 5.63. The molecule has 1 aromatic carbocycles. The molecular weight excluding hydrogens is 354 g/mol. The topological polar surface area (TPSA) is 73.9 Å². The molecule has 0 radical (unpaired) electrons. The summed E-state index contributed by atoms with van der Waals surface area (Å²) in [6, 6.07) is 3.38. The summed E-state index contributed by atoms with van der Waals surface area (Å²) in [5.41, 5.74) is 2.04. The fraction of sp³-hybridized carbons (Fsp3) is 0.684. The Labute approximate surface area is 156 Å². The van der Waals surface area contributed by atoms with Crippen LogP contribution in [0.15, 0.2) is 17.0 Å². The number of hydrogen-bond donors (Lipinski definition) is 1. The Bertz CT molecular complexity index is 761. The first kappa shape index (κ1) is 19.6. The highest BCUT2D eigenvalue weighted by molar-refractivity contribution is 7.89. The molecule has 1 aromatic rings. The second-order valence-electron chi connectivity index (χ2n) is 7.57. The lowest BCUT2D eigenvalue weighted by Crippen LogP contribution is -2.62. The quantitative estimate of drug-likeness (QED) is 0.783. The molecule has 6 nitrogen and oxygen atoms in total. The maximum absolute atomic E-state index is 13.2. The Morgan fingerprint density at radius 3 is 2.65 bits per heavy atom. The van der Waals surface area contributed by atoms with E-state index in [1.165, 1.54) is 7.11 Å². The van der Waals surface area contributed by atoms with Crippen molar-refractivity contribution in [3.8, 4) is 5.75 Å². The number of ether oxygens (including phenoxy) is 3. The van der Waals surface area contributed by atoms with Gasteiger partial charge in [0.1, 0.15) is 10.6 Å². The second kappa shape index (κ2) is 7.46. The minimum Gasteiger partial charge on any atom is -0.495 e. The third kappa shape index (κ3) is 3.38. The number of nitrogens with one attached hydrogen (secondary N) is 1. The Morgan fingerprint density at radius 1 is 1.31 bits per heavy atom. The van der Waals surface area contributed by atoms with E-state index >= 15 is 0 Å². The molecule has 0 bridgehead atoms. The van der Waals surface area contributed by atoms with Crippen LogP contribution in [0, 0.1) is 18.8 Å². The van der Waals surface area contributed by atoms with Crippen molar-refractivity contribution in [1.82, 2.24) is 4.72 Å². The van der Waals surface area contributed by atoms with Crippen LogP contribution in [-0.4, -0.2) is 48.0 Å². The van der Waals surface area contributed by atoms with Gasteiger partial charge in [0.05, 0.1) is 19.8 Å². The largest absolute Gasteiger partial charge is 0.495 e. The molecule has 0 unspecified atom stereocenters. The molecule has 1 saturated carbocycles. The van der Waals surface area contributed by atoms with E-state index in [1.807, 2.05) is 6.92 Å². The zero-order chi connectivity index (χ0) is 19.1. The van der Waals surface area contributed by atoms with Gasteiger partial charge in [-0.1, -0.05) is 13.8 Å². The number of fused-ring (bicyclic) bond motifs is 1. The lowest BCUT2D eigenvalue weighted by atomic mass is 9.68. The summed E-state index contributed by atoms with van der Waals surface area (Å²) in [4.78, 5) is 0.202. The first-order valence-corrected chi connectivity index (χ1v) is 10.6. The van der Waals surface area contributed by atoms with E-state index < -0.39 is 10.0 Å². The van der Waals surface area contributed by atoms with E-state index in [2.05, 4.69) is 18.6 Å². The Morgan fingerprint density at radius 2 is 2.04 bits per heavy atom. The van der Waals surface area contributed by atoms with Crippen molar-refractivity contribution in [2.75, 3.05) is 27.4 Å². The van der Waals surface area contributed by atoms with Gasteiger partial charge >= 0.3 is 0 Å². The van der Waals surface area contributed by atoms with E-state index in [9.17, 15) is 8.42 Å². The molecule has 2 aliphatic rings. The third-order valence-electron chi connectivity index (χ3n) is 5.64. The van der Waals surface area contributed by atoms with E-state index in [0.717, 1.165) is 17.5 Å². The van der Waals surface area contributed by atoms with Crippen molar-refractivity contribution in [3.63, 3.8) is 0 Å². The van der Waals surface area contributed by atoms with Crippen molar-refractivity contribution in [1.29, 1.82) is 0 Å². The molecule has 3 rings (SSSR count). The van der Waals surface area contributed by atoms with Crippen LogP contribution < -0.4 is 9.46 Å². The second-order valence-corrected chi connectivity index (χ2v) is 9.25. The van der Waals surface area contributed by atoms with E-state index in [4.69, 9.17) is 14.2 Å². The predicted molar refractivity (Wildman–Crippen MR) is 99.1 cm³/mol. The van der Waals surface area contributed by atoms with Gasteiger partial charge in [-0.05, 0) is 42.5 Å². The van der Waals surface area contributed by atoms with Crippen molar-refractivity contribution in [2.45, 2.75) is 50.2 Å². The summed E-state index contributed by atoms with van der Waals surface area (Å²) < 4.78 is 45.6. The fourth-order valence-corrected chi connectivity index (χ4v) is 5.83. The Hall–Kier alpha value is -1.15. The number of methoxy groups -OCH3 is 2. The van der Waals surface area contributed by atoms with Crippen LogP contribution in [0.5, 0.6) is 5.75 Å². The van der Waals surface area contributed by atoms with Gasteiger partial charge in [-0.2, -0.15) is 0 Å². The average Bonchev–Trinajstić information content (AvgIpc) is 3.01. The summed E-state index contributed by atoms with van der Waals surface area (Å²) in [7, 11) is -0.580. The average molecular weight is 384 g/mol. The van der Waals surface area contributed by atoms with Crippen LogP contribution in [0.2, 0.25) is 0 Å². The van der Waals surface area contributed by atoms with Gasteiger partial charge < -0.3 is 14.2 Å². The molecule has 1 aliphatic heterocycles. The lowest BCUT2D eigenvalue weighted by Gasteiger charge is -2.47. The maximum Gasteiger partial charge on any atom is 0.244 e. The lowest BCUT2D eigenvalue weighted by molar-refractivity contribution is -0.0775. The minimum absolute atomic E-state index is 0.0447. The smallest absolute Gasteiger partial charge is 0.244 e. The van der Waals surface area contributed by atoms with Crippen molar-refractivity contribution < 1.29 is 22.6 Å². The normalized spacial score (nSPS) is 28.1. The molecule has 146 valence electrons. The van der Waals surface area contributed by atoms with Crippen LogP contribution in [0.4, 0.5) is 0 Å². The number of rotatable bonds is 7. The Balaban J connectivity index is 1.91. The van der Waals surface area contributed by atoms with Crippen LogP contribution in [0.1, 0.15) is 37.3 Å².